The van der Waals surface area contributed by atoms with E-state index in [1.54, 1.807) is 36.4 Å². The van der Waals surface area contributed by atoms with Crippen LogP contribution in [0.5, 0.6) is 11.5 Å². The Morgan fingerprint density at radius 2 is 1.48 bits per heavy atom. The van der Waals surface area contributed by atoms with E-state index in [0.717, 1.165) is 5.56 Å². The number of hydrogen-bond donors (Lipinski definition) is 0. The first-order valence-electron chi connectivity index (χ1n) is 7.56. The quantitative estimate of drug-likeness (QED) is 0.419. The molecule has 0 aliphatic carbocycles. The Hall–Kier alpha value is -2.49. The van der Waals surface area contributed by atoms with Gasteiger partial charge in [-0.1, -0.05) is 53.5 Å². The van der Waals surface area contributed by atoms with Crippen LogP contribution in [0.15, 0.2) is 72.8 Å². The minimum atomic E-state index is -0.503. The summed E-state index contributed by atoms with van der Waals surface area (Å²) < 4.78 is 11.0. The van der Waals surface area contributed by atoms with Crippen molar-refractivity contribution in [2.45, 2.75) is 6.61 Å². The number of carbonyl (C=O) groups excluding carboxylic acids is 1. The van der Waals surface area contributed by atoms with Gasteiger partial charge in [-0.15, -0.1) is 0 Å². The smallest absolute Gasteiger partial charge is 0.343 e. The summed E-state index contributed by atoms with van der Waals surface area (Å²) in [5.74, 6) is 0.609. The Balaban J connectivity index is 1.60. The van der Waals surface area contributed by atoms with Gasteiger partial charge in [0.15, 0.2) is 0 Å². The van der Waals surface area contributed by atoms with E-state index in [-0.39, 0.29) is 0 Å². The largest absolute Gasteiger partial charge is 0.489 e. The van der Waals surface area contributed by atoms with Gasteiger partial charge in [-0.3, -0.25) is 0 Å². The zero-order valence-corrected chi connectivity index (χ0v) is 14.6. The molecule has 0 saturated carbocycles. The number of benzene rings is 3. The van der Waals surface area contributed by atoms with Crippen LogP contribution < -0.4 is 9.47 Å². The maximum absolute atomic E-state index is 12.1. The molecule has 0 N–H and O–H groups in total. The summed E-state index contributed by atoms with van der Waals surface area (Å²) >= 11 is 11.7. The minimum absolute atomic E-state index is 0.306. The zero-order chi connectivity index (χ0) is 17.6. The average Bonchev–Trinajstić information content (AvgIpc) is 2.64. The molecule has 5 heteroatoms. The Morgan fingerprint density at radius 1 is 0.800 bits per heavy atom. The summed E-state index contributed by atoms with van der Waals surface area (Å²) in [4.78, 5) is 12.1. The van der Waals surface area contributed by atoms with Gasteiger partial charge < -0.3 is 9.47 Å². The zero-order valence-electron chi connectivity index (χ0n) is 13.1. The minimum Gasteiger partial charge on any atom is -0.489 e. The molecule has 0 atom stereocenters. The summed E-state index contributed by atoms with van der Waals surface area (Å²) in [5, 5.41) is 0.693. The standard InChI is InChI=1S/C20H14Cl2O3/c21-18-11-6-15(12-19(18)22)20(23)25-17-9-7-16(8-10-17)24-13-14-4-2-1-3-5-14/h1-12H,13H2. The van der Waals surface area contributed by atoms with E-state index < -0.39 is 5.97 Å². The second kappa shape index (κ2) is 8.06. The number of rotatable bonds is 5. The Bertz CT molecular complexity index is 862. The van der Waals surface area contributed by atoms with Gasteiger partial charge in [0.2, 0.25) is 0 Å². The number of hydrogen-bond acceptors (Lipinski definition) is 3. The molecule has 3 rings (SSSR count). The molecule has 0 aliphatic heterocycles. The van der Waals surface area contributed by atoms with Gasteiger partial charge in [0, 0.05) is 0 Å². The van der Waals surface area contributed by atoms with E-state index in [1.807, 2.05) is 30.3 Å². The molecule has 0 amide bonds. The third-order valence-corrected chi connectivity index (χ3v) is 4.18. The van der Waals surface area contributed by atoms with Crippen molar-refractivity contribution in [1.82, 2.24) is 0 Å². The lowest BCUT2D eigenvalue weighted by Crippen LogP contribution is -2.08. The van der Waals surface area contributed by atoms with E-state index >= 15 is 0 Å². The highest BCUT2D eigenvalue weighted by molar-refractivity contribution is 6.42. The van der Waals surface area contributed by atoms with Crippen molar-refractivity contribution in [3.8, 4) is 11.5 Å². The van der Waals surface area contributed by atoms with Crippen LogP contribution in [0.25, 0.3) is 0 Å². The molecule has 0 unspecified atom stereocenters. The molecule has 3 nitrogen and oxygen atoms in total. The maximum atomic E-state index is 12.1. The number of halogens is 2. The SMILES string of the molecule is O=C(Oc1ccc(OCc2ccccc2)cc1)c1ccc(Cl)c(Cl)c1. The number of carbonyl (C=O) groups is 1. The molecule has 0 fully saturated rings. The fourth-order valence-electron chi connectivity index (χ4n) is 2.13. The lowest BCUT2D eigenvalue weighted by atomic mass is 10.2. The van der Waals surface area contributed by atoms with Crippen LogP contribution in [-0.2, 0) is 6.61 Å². The Morgan fingerprint density at radius 3 is 2.16 bits per heavy atom. The van der Waals surface area contributed by atoms with Crippen LogP contribution in [0.1, 0.15) is 15.9 Å². The van der Waals surface area contributed by atoms with Crippen LogP contribution in [-0.4, -0.2) is 5.97 Å². The summed E-state index contributed by atoms with van der Waals surface area (Å²) in [6.07, 6.45) is 0. The van der Waals surface area contributed by atoms with Crippen molar-refractivity contribution in [2.75, 3.05) is 0 Å². The van der Waals surface area contributed by atoms with Gasteiger partial charge in [-0.2, -0.15) is 0 Å². The van der Waals surface area contributed by atoms with Crippen molar-refractivity contribution in [1.29, 1.82) is 0 Å². The second-order valence-corrected chi connectivity index (χ2v) is 6.08. The Labute approximate surface area is 155 Å². The van der Waals surface area contributed by atoms with Gasteiger partial charge in [0.25, 0.3) is 0 Å². The summed E-state index contributed by atoms with van der Waals surface area (Å²) in [6.45, 7) is 0.475. The average molecular weight is 373 g/mol. The van der Waals surface area contributed by atoms with Crippen molar-refractivity contribution < 1.29 is 14.3 Å². The summed E-state index contributed by atoms with van der Waals surface area (Å²) in [5.41, 5.74) is 1.41. The van der Waals surface area contributed by atoms with Crippen molar-refractivity contribution >= 4 is 29.2 Å². The molecule has 3 aromatic rings. The first kappa shape index (κ1) is 17.3. The molecule has 0 aromatic heterocycles. The lowest BCUT2D eigenvalue weighted by molar-refractivity contribution is 0.0734. The molecule has 0 heterocycles. The molecule has 126 valence electrons. The van der Waals surface area contributed by atoms with Gasteiger partial charge in [-0.05, 0) is 48.0 Å². The first-order valence-corrected chi connectivity index (χ1v) is 8.31. The van der Waals surface area contributed by atoms with Crippen LogP contribution in [0.3, 0.4) is 0 Å². The van der Waals surface area contributed by atoms with E-state index in [0.29, 0.717) is 33.7 Å². The van der Waals surface area contributed by atoms with Crippen LogP contribution in [0, 0.1) is 0 Å². The fourth-order valence-corrected chi connectivity index (χ4v) is 2.43. The number of esters is 1. The third-order valence-electron chi connectivity index (χ3n) is 3.44. The van der Waals surface area contributed by atoms with E-state index in [4.69, 9.17) is 32.7 Å². The van der Waals surface area contributed by atoms with Gasteiger partial charge in [0.05, 0.1) is 15.6 Å². The van der Waals surface area contributed by atoms with E-state index in [1.165, 1.54) is 6.07 Å². The molecule has 0 saturated heterocycles. The normalized spacial score (nSPS) is 10.3. The third kappa shape index (κ3) is 4.75. The van der Waals surface area contributed by atoms with Crippen LogP contribution in [0.2, 0.25) is 10.0 Å². The van der Waals surface area contributed by atoms with Gasteiger partial charge in [-0.25, -0.2) is 4.79 Å². The van der Waals surface area contributed by atoms with Gasteiger partial charge >= 0.3 is 5.97 Å². The highest BCUT2D eigenvalue weighted by Gasteiger charge is 2.10. The van der Waals surface area contributed by atoms with Gasteiger partial charge in [0.1, 0.15) is 18.1 Å². The molecule has 3 aromatic carbocycles. The summed E-state index contributed by atoms with van der Waals surface area (Å²) in [7, 11) is 0. The highest BCUT2D eigenvalue weighted by atomic mass is 35.5. The molecule has 0 spiro atoms. The summed E-state index contributed by atoms with van der Waals surface area (Å²) in [6, 6.07) is 21.3. The predicted molar refractivity (Wildman–Crippen MR) is 98.6 cm³/mol. The molecule has 0 aliphatic rings. The molecular formula is C20H14Cl2O3. The topological polar surface area (TPSA) is 35.5 Å². The van der Waals surface area contributed by atoms with Crippen molar-refractivity contribution in [3.05, 3.63) is 94.0 Å². The molecular weight excluding hydrogens is 359 g/mol. The predicted octanol–water partition coefficient (Wildman–Crippen LogP) is 5.79. The second-order valence-electron chi connectivity index (χ2n) is 5.26. The van der Waals surface area contributed by atoms with Crippen LogP contribution >= 0.6 is 23.2 Å². The van der Waals surface area contributed by atoms with Crippen LogP contribution in [0.4, 0.5) is 0 Å². The molecule has 0 radical (unpaired) electrons. The fraction of sp³-hybridized carbons (Fsp3) is 0.0500. The monoisotopic (exact) mass is 372 g/mol. The van der Waals surface area contributed by atoms with E-state index in [9.17, 15) is 4.79 Å². The Kier molecular flexibility index (Phi) is 5.59. The maximum Gasteiger partial charge on any atom is 0.343 e. The highest BCUT2D eigenvalue weighted by Crippen LogP contribution is 2.24. The first-order chi connectivity index (χ1) is 12.1. The molecule has 25 heavy (non-hydrogen) atoms. The lowest BCUT2D eigenvalue weighted by Gasteiger charge is -2.08. The van der Waals surface area contributed by atoms with Crippen molar-refractivity contribution in [2.24, 2.45) is 0 Å². The van der Waals surface area contributed by atoms with E-state index in [2.05, 4.69) is 0 Å². The van der Waals surface area contributed by atoms with Crippen molar-refractivity contribution in [3.63, 3.8) is 0 Å². The number of ether oxygens (including phenoxy) is 2. The molecule has 0 bridgehead atoms.